The van der Waals surface area contributed by atoms with Crippen LogP contribution in [0, 0.1) is 98.1 Å². The molecule has 0 N–H and O–H groups in total. The second-order valence-electron chi connectivity index (χ2n) is 26.6. The molecule has 0 aromatic rings. The van der Waals surface area contributed by atoms with Crippen LogP contribution in [0.15, 0.2) is 0 Å². The third-order valence-corrected chi connectivity index (χ3v) is 17.9. The Balaban J connectivity index is 0.000000645. The molecule has 9 fully saturated rings. The van der Waals surface area contributed by atoms with Gasteiger partial charge < -0.3 is 0 Å². The zero-order valence-electron chi connectivity index (χ0n) is 46.9. The predicted molar refractivity (Wildman–Crippen MR) is 278 cm³/mol. The van der Waals surface area contributed by atoms with Gasteiger partial charge in [-0.2, -0.15) is 0 Å². The first-order valence-electron chi connectivity index (χ1n) is 27.5. The number of hydrogen-bond donors (Lipinski definition) is 0. The van der Waals surface area contributed by atoms with Gasteiger partial charge in [0.25, 0.3) is 0 Å². The molecule has 0 bridgehead atoms. The van der Waals surface area contributed by atoms with Gasteiger partial charge in [-0.25, -0.2) is 0 Å². The lowest BCUT2D eigenvalue weighted by Gasteiger charge is -2.12. The normalized spacial score (nSPS) is 33.0. The molecule has 0 nitrogen and oxygen atoms in total. The highest BCUT2D eigenvalue weighted by molar-refractivity contribution is 4.92. The molecule has 9 aliphatic rings. The lowest BCUT2D eigenvalue weighted by molar-refractivity contribution is 0.398. The van der Waals surface area contributed by atoms with Gasteiger partial charge >= 0.3 is 0 Å². The largest absolute Gasteiger partial charge is 0.0654 e. The monoisotopic (exact) mass is 843 g/mol. The molecule has 9 rings (SSSR count). The van der Waals surface area contributed by atoms with Gasteiger partial charge in [0.1, 0.15) is 0 Å². The second kappa shape index (κ2) is 27.5. The summed E-state index contributed by atoms with van der Waals surface area (Å²) in [5, 5.41) is 0. The van der Waals surface area contributed by atoms with Gasteiger partial charge in [0.15, 0.2) is 0 Å². The zero-order valence-corrected chi connectivity index (χ0v) is 46.9. The van der Waals surface area contributed by atoms with E-state index < -0.39 is 0 Å². The highest BCUT2D eigenvalue weighted by Gasteiger charge is 2.42. The Morgan fingerprint density at radius 2 is 0.783 bits per heavy atom. The fourth-order valence-electron chi connectivity index (χ4n) is 7.02. The van der Waals surface area contributed by atoms with Gasteiger partial charge in [0.2, 0.25) is 0 Å². The molecule has 9 aliphatic carbocycles. The van der Waals surface area contributed by atoms with Gasteiger partial charge in [-0.05, 0) is 162 Å². The molecular weight excluding hydrogens is 721 g/mol. The summed E-state index contributed by atoms with van der Waals surface area (Å²) < 4.78 is 0. The van der Waals surface area contributed by atoms with Gasteiger partial charge in [0.05, 0.1) is 0 Å². The highest BCUT2D eigenvalue weighted by atomic mass is 14.5. The van der Waals surface area contributed by atoms with Crippen molar-refractivity contribution in [2.75, 3.05) is 0 Å². The average Bonchev–Trinajstić information content (AvgIpc) is 3.96. The molecule has 0 aromatic carbocycles. The van der Waals surface area contributed by atoms with Gasteiger partial charge in [0, 0.05) is 0 Å². The van der Waals surface area contributed by atoms with Crippen LogP contribution in [-0.4, -0.2) is 0 Å². The van der Waals surface area contributed by atoms with E-state index in [1.54, 1.807) is 0 Å². The fourth-order valence-corrected chi connectivity index (χ4v) is 7.02. The zero-order chi connectivity index (χ0) is 46.9. The molecule has 6 atom stereocenters. The molecule has 0 spiro atoms. The van der Waals surface area contributed by atoms with E-state index in [1.165, 1.54) is 122 Å². The quantitative estimate of drug-likeness (QED) is 0.240. The molecular formula is C60H122. The van der Waals surface area contributed by atoms with Crippen LogP contribution in [0.2, 0.25) is 0 Å². The molecule has 362 valence electrons. The minimum absolute atomic E-state index is 0.542. The molecule has 0 aromatic heterocycles. The minimum Gasteiger partial charge on any atom is -0.0654 e. The predicted octanol–water partition coefficient (Wildman–Crippen LogP) is 21.2. The standard InChI is InChI=1S/9C6H12.C6H14/c2*1-5-4-6(5,2)3;1-5(2)6-3-4-6;1-4-5(2)6(4)3;2*1-3-6(2)4-5-6;2*1-3-6-4-5(6)2;1-2-3-6-4-5-6;1-5-6(2,3)4/h2*5H,4H2,1-3H3;5-6H,3-4H2,1-2H3;4-6H,1-3H3;2*3-5H2,1-2H3;2*5-6H,3-4H2,1-2H3;6H,2-5H2,1H3;5H2,1-4H3/t5-;;;;;;5-,6?;;;/m0.....0.../s1. The van der Waals surface area contributed by atoms with Crippen molar-refractivity contribution in [2.24, 2.45) is 98.1 Å². The van der Waals surface area contributed by atoms with Crippen molar-refractivity contribution in [3.05, 3.63) is 0 Å². The third kappa shape index (κ3) is 32.6. The molecule has 4 unspecified atom stereocenters. The smallest absolute Gasteiger partial charge is 0.0326 e. The maximum absolute atomic E-state index is 2.35. The Bertz CT molecular complexity index is 944. The lowest BCUT2D eigenvalue weighted by Crippen LogP contribution is -2.00. The maximum Gasteiger partial charge on any atom is -0.0326 e. The molecule has 60 heavy (non-hydrogen) atoms. The van der Waals surface area contributed by atoms with E-state index in [1.807, 2.05) is 0 Å². The van der Waals surface area contributed by atoms with Crippen molar-refractivity contribution in [1.29, 1.82) is 0 Å². The van der Waals surface area contributed by atoms with Crippen molar-refractivity contribution >= 4 is 0 Å². The summed E-state index contributed by atoms with van der Waals surface area (Å²) in [7, 11) is 0. The Morgan fingerprint density at radius 3 is 0.800 bits per heavy atom. The number of hydrogen-bond acceptors (Lipinski definition) is 0. The Kier molecular flexibility index (Phi) is 27.5. The highest BCUT2D eigenvalue weighted by Crippen LogP contribution is 2.52. The van der Waals surface area contributed by atoms with Crippen LogP contribution in [-0.2, 0) is 0 Å². The molecule has 0 heterocycles. The van der Waals surface area contributed by atoms with Crippen LogP contribution in [0.1, 0.15) is 288 Å². The van der Waals surface area contributed by atoms with E-state index in [9.17, 15) is 0 Å². The summed E-state index contributed by atoms with van der Waals surface area (Å²) in [4.78, 5) is 0. The first-order valence-corrected chi connectivity index (χ1v) is 27.5. The summed E-state index contributed by atoms with van der Waals surface area (Å²) in [5.74, 6) is 12.6. The Hall–Kier alpha value is 0. The third-order valence-electron chi connectivity index (χ3n) is 17.9. The fraction of sp³-hybridized carbons (Fsp3) is 1.00. The van der Waals surface area contributed by atoms with Gasteiger partial charge in [-0.3, -0.25) is 0 Å². The van der Waals surface area contributed by atoms with Crippen molar-refractivity contribution in [3.8, 4) is 0 Å². The topological polar surface area (TPSA) is 0 Å². The van der Waals surface area contributed by atoms with E-state index in [2.05, 4.69) is 166 Å². The second-order valence-corrected chi connectivity index (χ2v) is 26.6. The summed E-state index contributed by atoms with van der Waals surface area (Å²) >= 11 is 0. The SMILES string of the molecule is CC(C)C1CC1.CC1C(C)C1C.CC1CC1(C)C.CCC(C)(C)C.CCC1(C)CC1.CCC1(C)CC1.CCC1CC1C.CCC1C[C@@H]1C.CCCC1CC1.C[C@H]1CC1(C)C. The summed E-state index contributed by atoms with van der Waals surface area (Å²) in [6, 6.07) is 0. The van der Waals surface area contributed by atoms with Gasteiger partial charge in [-0.1, -0.05) is 224 Å². The van der Waals surface area contributed by atoms with Crippen LogP contribution in [0.25, 0.3) is 0 Å². The van der Waals surface area contributed by atoms with E-state index in [0.29, 0.717) is 16.2 Å². The molecule has 0 aliphatic heterocycles. The molecule has 9 saturated carbocycles. The summed E-state index contributed by atoms with van der Waals surface area (Å²) in [6.45, 7) is 55.1. The summed E-state index contributed by atoms with van der Waals surface area (Å²) in [5.41, 5.74) is 3.54. The number of rotatable bonds is 7. The maximum atomic E-state index is 2.35. The average molecular weight is 844 g/mol. The van der Waals surface area contributed by atoms with E-state index in [-0.39, 0.29) is 0 Å². The van der Waals surface area contributed by atoms with Crippen LogP contribution in [0.3, 0.4) is 0 Å². The molecule has 0 heteroatoms. The van der Waals surface area contributed by atoms with E-state index in [0.717, 1.165) is 81.8 Å². The van der Waals surface area contributed by atoms with Crippen LogP contribution >= 0.6 is 0 Å². The van der Waals surface area contributed by atoms with E-state index in [4.69, 9.17) is 0 Å². The van der Waals surface area contributed by atoms with Crippen LogP contribution in [0.4, 0.5) is 0 Å². The van der Waals surface area contributed by atoms with Crippen molar-refractivity contribution < 1.29 is 0 Å². The van der Waals surface area contributed by atoms with Crippen molar-refractivity contribution in [2.45, 2.75) is 288 Å². The van der Waals surface area contributed by atoms with Crippen LogP contribution < -0.4 is 0 Å². The first kappa shape index (κ1) is 60.0. The van der Waals surface area contributed by atoms with Crippen LogP contribution in [0.5, 0.6) is 0 Å². The van der Waals surface area contributed by atoms with E-state index >= 15 is 0 Å². The Labute approximate surface area is 384 Å². The first-order chi connectivity index (χ1) is 27.5. The summed E-state index contributed by atoms with van der Waals surface area (Å²) in [6.07, 6.45) is 27.5. The van der Waals surface area contributed by atoms with Gasteiger partial charge in [-0.15, -0.1) is 0 Å². The molecule has 0 amide bonds. The molecule has 0 radical (unpaired) electrons. The molecule has 0 saturated heterocycles. The van der Waals surface area contributed by atoms with Crippen molar-refractivity contribution in [3.63, 3.8) is 0 Å². The Morgan fingerprint density at radius 1 is 0.517 bits per heavy atom. The lowest BCUT2D eigenvalue weighted by atomic mass is 9.94. The minimum atomic E-state index is 0.542. The van der Waals surface area contributed by atoms with Crippen molar-refractivity contribution in [1.82, 2.24) is 0 Å².